The average Bonchev–Trinajstić information content (AvgIpc) is 2.79. The minimum atomic E-state index is -4.63. The molecule has 1 aromatic heterocycles. The Labute approximate surface area is 208 Å². The number of nitrogens with one attached hydrogen (secondary N) is 1. The molecule has 4 rings (SSSR count). The number of nitrogens with zero attached hydrogens (tertiary/aromatic N) is 2. The molecule has 35 heavy (non-hydrogen) atoms. The van der Waals surface area contributed by atoms with Gasteiger partial charge in [-0.3, -0.25) is 0 Å². The van der Waals surface area contributed by atoms with Crippen LogP contribution in [0.25, 0.3) is 22.0 Å². The van der Waals surface area contributed by atoms with Gasteiger partial charge in [0, 0.05) is 21.5 Å². The lowest BCUT2D eigenvalue weighted by atomic mass is 10.0. The van der Waals surface area contributed by atoms with Crippen LogP contribution in [0.15, 0.2) is 59.6 Å². The largest absolute Gasteiger partial charge is 0.417 e. The molecule has 0 saturated carbocycles. The van der Waals surface area contributed by atoms with Gasteiger partial charge in [-0.2, -0.15) is 13.2 Å². The molecule has 186 valence electrons. The minimum absolute atomic E-state index is 0. The van der Waals surface area contributed by atoms with Crippen LogP contribution in [0.1, 0.15) is 26.8 Å². The van der Waals surface area contributed by atoms with Gasteiger partial charge in [0.1, 0.15) is 5.82 Å². The molecule has 3 aromatic carbocycles. The first kappa shape index (κ1) is 28.1. The van der Waals surface area contributed by atoms with E-state index in [9.17, 15) is 17.6 Å². The lowest BCUT2D eigenvalue weighted by Gasteiger charge is -2.15. The van der Waals surface area contributed by atoms with Crippen LogP contribution in [-0.4, -0.2) is 9.97 Å². The molecule has 3 N–H and O–H groups in total. The molecule has 0 amide bonds. The highest BCUT2D eigenvalue weighted by Crippen LogP contribution is 2.39. The quantitative estimate of drug-likeness (QED) is 0.205. The van der Waals surface area contributed by atoms with E-state index in [2.05, 4.69) is 14.7 Å². The summed E-state index contributed by atoms with van der Waals surface area (Å²) in [5, 5.41) is 0.596. The molecule has 0 aliphatic carbocycles. The standard InChI is InChI=1S/C21H12ClF5N4S.C2H6.CH4/c22-12-2-3-13(21(25,26)27)17(8-12)32-31-16-6-4-14(23)18(19(16)24)10-1-5-15-11(7-10)9-29-20(28)30-15;1-2;/h1-9,31H,(H2,28,29,30);1-2H3;1H4. The summed E-state index contributed by atoms with van der Waals surface area (Å²) in [5.41, 5.74) is 4.75. The molecule has 0 atom stereocenters. The van der Waals surface area contributed by atoms with Gasteiger partial charge in [-0.25, -0.2) is 18.7 Å². The Hall–Kier alpha value is -3.11. The van der Waals surface area contributed by atoms with E-state index in [4.69, 9.17) is 17.3 Å². The van der Waals surface area contributed by atoms with Crippen LogP contribution < -0.4 is 10.5 Å². The van der Waals surface area contributed by atoms with E-state index in [1.54, 1.807) is 0 Å². The summed E-state index contributed by atoms with van der Waals surface area (Å²) in [5.74, 6) is -1.75. The third kappa shape index (κ3) is 6.32. The third-order valence-electron chi connectivity index (χ3n) is 4.50. The van der Waals surface area contributed by atoms with Gasteiger partial charge in [-0.1, -0.05) is 38.9 Å². The zero-order valence-electron chi connectivity index (χ0n) is 17.8. The van der Waals surface area contributed by atoms with E-state index in [1.807, 2.05) is 13.8 Å². The molecule has 0 aliphatic rings. The molecule has 11 heteroatoms. The van der Waals surface area contributed by atoms with Crippen molar-refractivity contribution in [1.82, 2.24) is 9.97 Å². The molecule has 0 fully saturated rings. The van der Waals surface area contributed by atoms with Crippen LogP contribution in [0, 0.1) is 11.6 Å². The van der Waals surface area contributed by atoms with Crippen molar-refractivity contribution in [3.05, 3.63) is 76.9 Å². The van der Waals surface area contributed by atoms with Gasteiger partial charge in [-0.15, -0.1) is 0 Å². The fraction of sp³-hybridized carbons (Fsp3) is 0.167. The average molecular weight is 529 g/mol. The van der Waals surface area contributed by atoms with E-state index < -0.39 is 23.4 Å². The van der Waals surface area contributed by atoms with Crippen molar-refractivity contribution in [2.45, 2.75) is 32.3 Å². The van der Waals surface area contributed by atoms with Crippen molar-refractivity contribution in [3.8, 4) is 11.1 Å². The zero-order chi connectivity index (χ0) is 25.0. The van der Waals surface area contributed by atoms with Crippen molar-refractivity contribution >= 4 is 46.1 Å². The molecule has 0 spiro atoms. The SMILES string of the molecule is C.CC.Nc1ncc2cc(-c3c(F)ccc(NSc4cc(Cl)ccc4C(F)(F)F)c3F)ccc2n1. The van der Waals surface area contributed by atoms with E-state index in [0.29, 0.717) is 22.9 Å². The number of hydrogen-bond acceptors (Lipinski definition) is 5. The summed E-state index contributed by atoms with van der Waals surface area (Å²) in [4.78, 5) is 7.64. The topological polar surface area (TPSA) is 63.8 Å². The summed E-state index contributed by atoms with van der Waals surface area (Å²) < 4.78 is 72.0. The minimum Gasteiger partial charge on any atom is -0.368 e. The van der Waals surface area contributed by atoms with E-state index >= 15 is 4.39 Å². The van der Waals surface area contributed by atoms with Crippen molar-refractivity contribution in [2.24, 2.45) is 0 Å². The summed E-state index contributed by atoms with van der Waals surface area (Å²) in [7, 11) is 0. The Bertz CT molecular complexity index is 1330. The Balaban J connectivity index is 0.00000140. The maximum absolute atomic E-state index is 15.2. The van der Waals surface area contributed by atoms with E-state index in [-0.39, 0.29) is 40.1 Å². The first-order chi connectivity index (χ1) is 16.1. The Kier molecular flexibility index (Phi) is 9.28. The summed E-state index contributed by atoms with van der Waals surface area (Å²) >= 11 is 6.33. The van der Waals surface area contributed by atoms with Crippen LogP contribution >= 0.6 is 23.5 Å². The number of rotatable bonds is 4. The normalized spacial score (nSPS) is 10.9. The van der Waals surface area contributed by atoms with Gasteiger partial charge in [0.15, 0.2) is 5.82 Å². The number of nitrogens with two attached hydrogens (primary N) is 1. The van der Waals surface area contributed by atoms with Crippen LogP contribution in [-0.2, 0) is 6.18 Å². The lowest BCUT2D eigenvalue weighted by Crippen LogP contribution is -2.07. The zero-order valence-corrected chi connectivity index (χ0v) is 19.4. The molecule has 0 unspecified atom stereocenters. The number of halogens is 6. The summed E-state index contributed by atoms with van der Waals surface area (Å²) in [6.07, 6.45) is -3.20. The number of anilines is 2. The maximum Gasteiger partial charge on any atom is 0.417 e. The van der Waals surface area contributed by atoms with Crippen LogP contribution in [0.5, 0.6) is 0 Å². The van der Waals surface area contributed by atoms with Crippen molar-refractivity contribution in [1.29, 1.82) is 0 Å². The number of nitrogen functional groups attached to an aromatic ring is 1. The highest BCUT2D eigenvalue weighted by Gasteiger charge is 2.33. The Morgan fingerprint density at radius 1 is 1.00 bits per heavy atom. The third-order valence-corrected chi connectivity index (χ3v) is 5.61. The first-order valence-corrected chi connectivity index (χ1v) is 11.1. The van der Waals surface area contributed by atoms with Crippen LogP contribution in [0.4, 0.5) is 33.6 Å². The lowest BCUT2D eigenvalue weighted by molar-refractivity contribution is -0.139. The number of hydrogen-bond donors (Lipinski definition) is 2. The predicted molar refractivity (Wildman–Crippen MR) is 133 cm³/mol. The smallest absolute Gasteiger partial charge is 0.368 e. The van der Waals surface area contributed by atoms with Crippen molar-refractivity contribution in [2.75, 3.05) is 10.5 Å². The Morgan fingerprint density at radius 2 is 1.71 bits per heavy atom. The first-order valence-electron chi connectivity index (χ1n) is 9.94. The highest BCUT2D eigenvalue weighted by molar-refractivity contribution is 8.00. The summed E-state index contributed by atoms with van der Waals surface area (Å²) in [6, 6.07) is 9.68. The van der Waals surface area contributed by atoms with Gasteiger partial charge in [0.05, 0.1) is 22.3 Å². The molecule has 0 saturated heterocycles. The summed E-state index contributed by atoms with van der Waals surface area (Å²) in [6.45, 7) is 4.00. The van der Waals surface area contributed by atoms with Crippen LogP contribution in [0.3, 0.4) is 0 Å². The number of fused-ring (bicyclic) bond motifs is 1. The second kappa shape index (κ2) is 11.5. The van der Waals surface area contributed by atoms with Gasteiger partial charge in [0.2, 0.25) is 5.95 Å². The number of alkyl halides is 3. The molecule has 0 aliphatic heterocycles. The molecular formula is C24H22ClF5N4S. The van der Waals surface area contributed by atoms with Crippen molar-refractivity contribution in [3.63, 3.8) is 0 Å². The predicted octanol–water partition coefficient (Wildman–Crippen LogP) is 8.61. The van der Waals surface area contributed by atoms with E-state index in [0.717, 1.165) is 30.3 Å². The maximum atomic E-state index is 15.2. The van der Waals surface area contributed by atoms with Crippen LogP contribution in [0.2, 0.25) is 5.02 Å². The second-order valence-corrected chi connectivity index (χ2v) is 7.91. The fourth-order valence-corrected chi connectivity index (χ4v) is 4.12. The molecule has 4 nitrogen and oxygen atoms in total. The molecule has 1 heterocycles. The van der Waals surface area contributed by atoms with Gasteiger partial charge in [0.25, 0.3) is 0 Å². The molecule has 0 bridgehead atoms. The molecule has 4 aromatic rings. The molecular weight excluding hydrogens is 507 g/mol. The van der Waals surface area contributed by atoms with Crippen molar-refractivity contribution < 1.29 is 22.0 Å². The monoisotopic (exact) mass is 528 g/mol. The Morgan fingerprint density at radius 3 is 2.40 bits per heavy atom. The van der Waals surface area contributed by atoms with Gasteiger partial charge < -0.3 is 10.5 Å². The number of aromatic nitrogens is 2. The van der Waals surface area contributed by atoms with Gasteiger partial charge >= 0.3 is 6.18 Å². The van der Waals surface area contributed by atoms with Gasteiger partial charge in [-0.05, 0) is 60.0 Å². The van der Waals surface area contributed by atoms with E-state index in [1.165, 1.54) is 24.4 Å². The number of benzene rings is 3. The second-order valence-electron chi connectivity index (χ2n) is 6.63. The fourth-order valence-electron chi connectivity index (χ4n) is 3.02. The highest BCUT2D eigenvalue weighted by atomic mass is 35.5. The molecule has 0 radical (unpaired) electrons.